The number of pyridine rings is 1. The van der Waals surface area contributed by atoms with Crippen molar-refractivity contribution in [3.63, 3.8) is 0 Å². The molecule has 0 aliphatic carbocycles. The van der Waals surface area contributed by atoms with E-state index in [1.807, 2.05) is 6.92 Å². The fourth-order valence-electron chi connectivity index (χ4n) is 1.89. The first-order valence-electron chi connectivity index (χ1n) is 6.33. The number of amides is 1. The molecule has 0 saturated heterocycles. The van der Waals surface area contributed by atoms with E-state index in [-0.39, 0.29) is 23.0 Å². The number of para-hydroxylation sites is 1. The topological polar surface area (TPSA) is 77.1 Å². The predicted octanol–water partition coefficient (Wildman–Crippen LogP) is 1.43. The number of nitrogens with one attached hydrogen (secondary N) is 1. The molecule has 21 heavy (non-hydrogen) atoms. The lowest BCUT2D eigenvalue weighted by molar-refractivity contribution is -0.116. The summed E-state index contributed by atoms with van der Waals surface area (Å²) in [6, 6.07) is 10.3. The zero-order valence-electron chi connectivity index (χ0n) is 11.5. The Kier molecular flexibility index (Phi) is 4.49. The first-order valence-corrected chi connectivity index (χ1v) is 6.74. The van der Waals surface area contributed by atoms with Gasteiger partial charge in [-0.1, -0.05) is 24.4 Å². The number of rotatable bonds is 4. The highest BCUT2D eigenvalue weighted by Crippen LogP contribution is 2.14. The van der Waals surface area contributed by atoms with Crippen molar-refractivity contribution >= 4 is 28.8 Å². The van der Waals surface area contributed by atoms with Crippen LogP contribution < -0.4 is 16.6 Å². The number of carbonyl (C=O) groups excluding carboxylic acids is 1. The zero-order chi connectivity index (χ0) is 15.4. The fraction of sp³-hybridized carbons (Fsp3) is 0.133. The van der Waals surface area contributed by atoms with Crippen LogP contribution in [0.3, 0.4) is 0 Å². The first kappa shape index (κ1) is 14.9. The first-order chi connectivity index (χ1) is 9.97. The summed E-state index contributed by atoms with van der Waals surface area (Å²) in [5, 5.41) is 2.72. The van der Waals surface area contributed by atoms with Crippen LogP contribution in [0.4, 0.5) is 5.69 Å². The molecule has 0 radical (unpaired) electrons. The van der Waals surface area contributed by atoms with E-state index < -0.39 is 0 Å². The highest BCUT2D eigenvalue weighted by molar-refractivity contribution is 7.80. The van der Waals surface area contributed by atoms with Crippen LogP contribution in [0.25, 0.3) is 0 Å². The SMILES string of the molecule is Cc1ccn(CC(=O)Nc2ccccc2C(N)=S)c(=O)c1. The van der Waals surface area contributed by atoms with E-state index >= 15 is 0 Å². The molecule has 0 fully saturated rings. The Bertz CT molecular complexity index is 753. The molecule has 5 nitrogen and oxygen atoms in total. The third-order valence-electron chi connectivity index (χ3n) is 2.93. The monoisotopic (exact) mass is 301 g/mol. The maximum Gasteiger partial charge on any atom is 0.251 e. The second-order valence-corrected chi connectivity index (χ2v) is 5.07. The average molecular weight is 301 g/mol. The Hall–Kier alpha value is -2.47. The van der Waals surface area contributed by atoms with Gasteiger partial charge in [-0.3, -0.25) is 9.59 Å². The quantitative estimate of drug-likeness (QED) is 0.838. The third kappa shape index (κ3) is 3.76. The van der Waals surface area contributed by atoms with E-state index in [0.29, 0.717) is 11.3 Å². The smallest absolute Gasteiger partial charge is 0.251 e. The molecule has 2 rings (SSSR count). The average Bonchev–Trinajstić information content (AvgIpc) is 2.42. The number of aryl methyl sites for hydroxylation is 1. The minimum absolute atomic E-state index is 0.0647. The molecule has 2 aromatic rings. The van der Waals surface area contributed by atoms with Crippen LogP contribution in [0.15, 0.2) is 47.4 Å². The summed E-state index contributed by atoms with van der Waals surface area (Å²) in [6.45, 7) is 1.76. The summed E-state index contributed by atoms with van der Waals surface area (Å²) in [7, 11) is 0. The standard InChI is InChI=1S/C15H15N3O2S/c1-10-6-7-18(14(20)8-10)9-13(19)17-12-5-3-2-4-11(12)15(16)21/h2-8H,9H2,1H3,(H2,16,21)(H,17,19). The van der Waals surface area contributed by atoms with Gasteiger partial charge in [0.2, 0.25) is 5.91 Å². The number of benzene rings is 1. The van der Waals surface area contributed by atoms with Crippen LogP contribution in [-0.2, 0) is 11.3 Å². The van der Waals surface area contributed by atoms with Gasteiger partial charge >= 0.3 is 0 Å². The number of aromatic nitrogens is 1. The number of nitrogens with two attached hydrogens (primary N) is 1. The van der Waals surface area contributed by atoms with Gasteiger partial charge in [-0.15, -0.1) is 0 Å². The van der Waals surface area contributed by atoms with Gasteiger partial charge in [0.15, 0.2) is 0 Å². The van der Waals surface area contributed by atoms with Gasteiger partial charge in [-0.05, 0) is 30.7 Å². The largest absolute Gasteiger partial charge is 0.389 e. The molecule has 0 atom stereocenters. The van der Waals surface area contributed by atoms with Gasteiger partial charge in [-0.25, -0.2) is 0 Å². The molecule has 1 heterocycles. The minimum Gasteiger partial charge on any atom is -0.389 e. The molecule has 0 saturated carbocycles. The molecule has 0 bridgehead atoms. The van der Waals surface area contributed by atoms with Crippen molar-refractivity contribution in [1.82, 2.24) is 4.57 Å². The molecule has 3 N–H and O–H groups in total. The maximum absolute atomic E-state index is 12.0. The molecule has 0 aliphatic rings. The van der Waals surface area contributed by atoms with Crippen LogP contribution in [0, 0.1) is 6.92 Å². The van der Waals surface area contributed by atoms with Crippen molar-refractivity contribution in [1.29, 1.82) is 0 Å². The summed E-state index contributed by atoms with van der Waals surface area (Å²) < 4.78 is 1.34. The number of anilines is 1. The summed E-state index contributed by atoms with van der Waals surface area (Å²) >= 11 is 4.94. The van der Waals surface area contributed by atoms with E-state index in [4.69, 9.17) is 18.0 Å². The van der Waals surface area contributed by atoms with Gasteiger partial charge in [0.25, 0.3) is 5.56 Å². The van der Waals surface area contributed by atoms with E-state index in [9.17, 15) is 9.59 Å². The number of hydrogen-bond donors (Lipinski definition) is 2. The van der Waals surface area contributed by atoms with E-state index in [0.717, 1.165) is 5.56 Å². The van der Waals surface area contributed by atoms with Crippen molar-refractivity contribution in [2.75, 3.05) is 5.32 Å². The van der Waals surface area contributed by atoms with Crippen molar-refractivity contribution in [3.05, 3.63) is 64.1 Å². The maximum atomic E-state index is 12.0. The zero-order valence-corrected chi connectivity index (χ0v) is 12.3. The molecule has 0 aliphatic heterocycles. The van der Waals surface area contributed by atoms with E-state index in [1.54, 1.807) is 36.5 Å². The number of carbonyl (C=O) groups is 1. The summed E-state index contributed by atoms with van der Waals surface area (Å²) in [4.78, 5) is 24.0. The lowest BCUT2D eigenvalue weighted by Gasteiger charge is -2.11. The third-order valence-corrected chi connectivity index (χ3v) is 3.15. The predicted molar refractivity (Wildman–Crippen MR) is 86.4 cm³/mol. The van der Waals surface area contributed by atoms with Gasteiger partial charge in [0, 0.05) is 17.8 Å². The molecule has 0 unspecified atom stereocenters. The summed E-state index contributed by atoms with van der Waals surface area (Å²) in [6.07, 6.45) is 1.59. The van der Waals surface area contributed by atoms with Gasteiger partial charge in [0.05, 0.1) is 5.69 Å². The van der Waals surface area contributed by atoms with Gasteiger partial charge in [0.1, 0.15) is 11.5 Å². The number of thiocarbonyl (C=S) groups is 1. The van der Waals surface area contributed by atoms with Crippen LogP contribution in [0.5, 0.6) is 0 Å². The highest BCUT2D eigenvalue weighted by Gasteiger charge is 2.09. The number of hydrogen-bond acceptors (Lipinski definition) is 3. The van der Waals surface area contributed by atoms with Gasteiger partial charge in [-0.2, -0.15) is 0 Å². The van der Waals surface area contributed by atoms with E-state index in [2.05, 4.69) is 5.32 Å². The van der Waals surface area contributed by atoms with Crippen molar-refractivity contribution in [2.24, 2.45) is 5.73 Å². The fourth-order valence-corrected chi connectivity index (χ4v) is 2.07. The van der Waals surface area contributed by atoms with Crippen molar-refractivity contribution in [2.45, 2.75) is 13.5 Å². The molecular formula is C15H15N3O2S. The minimum atomic E-state index is -0.315. The second kappa shape index (κ2) is 6.32. The Morgan fingerprint density at radius 3 is 2.71 bits per heavy atom. The summed E-state index contributed by atoms with van der Waals surface area (Å²) in [5.74, 6) is -0.315. The van der Waals surface area contributed by atoms with Crippen molar-refractivity contribution < 1.29 is 4.79 Å². The molecule has 1 amide bonds. The molecule has 1 aromatic heterocycles. The van der Waals surface area contributed by atoms with Crippen LogP contribution in [0.2, 0.25) is 0 Å². The van der Waals surface area contributed by atoms with Crippen LogP contribution in [-0.4, -0.2) is 15.5 Å². The Labute approximate surface area is 127 Å². The summed E-state index contributed by atoms with van der Waals surface area (Å²) in [5.41, 5.74) is 7.38. The Morgan fingerprint density at radius 2 is 2.05 bits per heavy atom. The Balaban J connectivity index is 2.16. The normalized spacial score (nSPS) is 10.1. The molecule has 108 valence electrons. The molecular weight excluding hydrogens is 286 g/mol. The molecule has 6 heteroatoms. The lowest BCUT2D eigenvalue weighted by Crippen LogP contribution is -2.27. The second-order valence-electron chi connectivity index (χ2n) is 4.63. The molecule has 0 spiro atoms. The highest BCUT2D eigenvalue weighted by atomic mass is 32.1. The van der Waals surface area contributed by atoms with Gasteiger partial charge < -0.3 is 15.6 Å². The van der Waals surface area contributed by atoms with Crippen LogP contribution in [0.1, 0.15) is 11.1 Å². The number of nitrogens with zero attached hydrogens (tertiary/aromatic N) is 1. The van der Waals surface area contributed by atoms with Crippen molar-refractivity contribution in [3.8, 4) is 0 Å². The Morgan fingerprint density at radius 1 is 1.33 bits per heavy atom. The van der Waals surface area contributed by atoms with Crippen LogP contribution >= 0.6 is 12.2 Å². The van der Waals surface area contributed by atoms with E-state index in [1.165, 1.54) is 10.6 Å². The lowest BCUT2D eigenvalue weighted by atomic mass is 10.2. The molecule has 1 aromatic carbocycles.